The van der Waals surface area contributed by atoms with Gasteiger partial charge in [0.25, 0.3) is 0 Å². The molecular weight excluding hydrogens is 385 g/mol. The predicted molar refractivity (Wildman–Crippen MR) is 99.7 cm³/mol. The smallest absolute Gasteiger partial charge is 0.237 e. The highest BCUT2D eigenvalue weighted by Gasteiger charge is 2.15. The zero-order valence-corrected chi connectivity index (χ0v) is 15.4. The van der Waals surface area contributed by atoms with Crippen molar-refractivity contribution in [1.82, 2.24) is 30.2 Å². The molecule has 11 heteroatoms. The molecule has 0 fully saturated rings. The van der Waals surface area contributed by atoms with Crippen molar-refractivity contribution >= 4 is 42.1 Å². The number of hydrogen-bond acceptors (Lipinski definition) is 7. The van der Waals surface area contributed by atoms with Gasteiger partial charge in [0.05, 0.1) is 30.8 Å². The maximum Gasteiger partial charge on any atom is 0.237 e. The number of hydrogen-bond donors (Lipinski definition) is 3. The number of nitrogens with zero attached hydrogens (tertiary/aromatic N) is 4. The van der Waals surface area contributed by atoms with Crippen LogP contribution in [0.1, 0.15) is 11.4 Å². The van der Waals surface area contributed by atoms with Crippen molar-refractivity contribution in [3.8, 4) is 10.7 Å². The minimum absolute atomic E-state index is 0. The van der Waals surface area contributed by atoms with Crippen LogP contribution in [-0.4, -0.2) is 36.9 Å². The molecule has 8 nitrogen and oxygen atoms in total. The van der Waals surface area contributed by atoms with Crippen molar-refractivity contribution < 1.29 is 4.79 Å². The average Bonchev–Trinajstić information content (AvgIpc) is 3.25. The zero-order chi connectivity index (χ0) is 16.1. The van der Waals surface area contributed by atoms with Crippen LogP contribution in [0.15, 0.2) is 36.5 Å². The summed E-state index contributed by atoms with van der Waals surface area (Å²) in [6.07, 6.45) is 8.51. The van der Waals surface area contributed by atoms with E-state index in [4.69, 9.17) is 5.73 Å². The van der Waals surface area contributed by atoms with E-state index < -0.39 is 6.04 Å². The van der Waals surface area contributed by atoms with Gasteiger partial charge in [-0.25, -0.2) is 9.97 Å². The Kier molecular flexibility index (Phi) is 8.42. The molecule has 0 saturated heterocycles. The molecule has 25 heavy (non-hydrogen) atoms. The predicted octanol–water partition coefficient (Wildman–Crippen LogP) is 1.35. The van der Waals surface area contributed by atoms with Crippen molar-refractivity contribution in [2.75, 3.05) is 0 Å². The third-order valence-corrected chi connectivity index (χ3v) is 4.02. The first-order chi connectivity index (χ1) is 11.2. The molecule has 0 bridgehead atoms. The zero-order valence-electron chi connectivity index (χ0n) is 13.0. The molecule has 3 heterocycles. The maximum atomic E-state index is 12.0. The average molecular weight is 402 g/mol. The lowest BCUT2D eigenvalue weighted by molar-refractivity contribution is -0.122. The molecule has 0 unspecified atom stereocenters. The van der Waals surface area contributed by atoms with Crippen LogP contribution in [-0.2, 0) is 17.8 Å². The number of amides is 1. The molecule has 0 aliphatic heterocycles. The van der Waals surface area contributed by atoms with Gasteiger partial charge in [0.2, 0.25) is 5.91 Å². The molecular formula is C14H17Cl2N7OS. The summed E-state index contributed by atoms with van der Waals surface area (Å²) in [6.45, 7) is 0.326. The molecule has 0 aromatic carbocycles. The highest BCUT2D eigenvalue weighted by Crippen LogP contribution is 2.20. The van der Waals surface area contributed by atoms with Crippen LogP contribution < -0.4 is 11.1 Å². The number of H-pyrrole nitrogens is 1. The van der Waals surface area contributed by atoms with Crippen molar-refractivity contribution in [1.29, 1.82) is 0 Å². The minimum Gasteiger partial charge on any atom is -0.349 e. The van der Waals surface area contributed by atoms with Gasteiger partial charge in [-0.1, -0.05) is 0 Å². The number of thiazole rings is 1. The molecule has 134 valence electrons. The number of nitrogens with two attached hydrogens (primary N) is 1. The summed E-state index contributed by atoms with van der Waals surface area (Å²) in [5.41, 5.74) is 8.17. The fourth-order valence-corrected chi connectivity index (χ4v) is 2.73. The Balaban J connectivity index is 0.00000156. The number of aromatic amines is 1. The van der Waals surface area contributed by atoms with E-state index in [1.807, 2.05) is 5.38 Å². The molecule has 0 spiro atoms. The van der Waals surface area contributed by atoms with Crippen LogP contribution in [0.2, 0.25) is 0 Å². The normalized spacial score (nSPS) is 11.1. The van der Waals surface area contributed by atoms with E-state index in [-0.39, 0.29) is 30.7 Å². The third-order valence-electron chi connectivity index (χ3n) is 3.11. The van der Waals surface area contributed by atoms with Crippen molar-refractivity contribution in [2.24, 2.45) is 5.73 Å². The number of aromatic nitrogens is 5. The van der Waals surface area contributed by atoms with Gasteiger partial charge in [-0.05, 0) is 0 Å². The van der Waals surface area contributed by atoms with Crippen molar-refractivity contribution in [3.63, 3.8) is 0 Å². The largest absolute Gasteiger partial charge is 0.349 e. The van der Waals surface area contributed by atoms with Crippen LogP contribution in [0.5, 0.6) is 0 Å². The monoisotopic (exact) mass is 401 g/mol. The molecule has 0 aliphatic rings. The van der Waals surface area contributed by atoms with Gasteiger partial charge in [-0.3, -0.25) is 14.8 Å². The van der Waals surface area contributed by atoms with Gasteiger partial charge in [0.1, 0.15) is 10.7 Å². The van der Waals surface area contributed by atoms with Crippen LogP contribution >= 0.6 is 36.2 Å². The molecule has 3 aromatic heterocycles. The Hall–Kier alpha value is -2.07. The Labute approximate surface area is 160 Å². The minimum atomic E-state index is -0.631. The van der Waals surface area contributed by atoms with Crippen molar-refractivity contribution in [3.05, 3.63) is 47.9 Å². The fraction of sp³-hybridized carbons (Fsp3) is 0.214. The third kappa shape index (κ3) is 5.75. The standard InChI is InChI=1S/C14H15N7OS.2ClH/c15-11(3-9-4-17-8-20-9)13(22)19-5-10-7-23-14(21-10)12-6-16-1-2-18-12;;/h1-2,4,6-8,11H,3,5,15H2,(H,17,20)(H,19,22);2*1H/t11-;;/m0../s1. The topological polar surface area (TPSA) is 122 Å². The second kappa shape index (κ2) is 10.0. The Morgan fingerprint density at radius 3 is 2.80 bits per heavy atom. The lowest BCUT2D eigenvalue weighted by atomic mass is 10.1. The summed E-state index contributed by atoms with van der Waals surface area (Å²) < 4.78 is 0. The molecule has 4 N–H and O–H groups in total. The Morgan fingerprint density at radius 2 is 2.12 bits per heavy atom. The van der Waals surface area contributed by atoms with E-state index in [0.717, 1.165) is 16.4 Å². The highest BCUT2D eigenvalue weighted by molar-refractivity contribution is 7.13. The molecule has 3 aromatic rings. The highest BCUT2D eigenvalue weighted by atomic mass is 35.5. The molecule has 0 radical (unpaired) electrons. The van der Waals surface area contributed by atoms with Gasteiger partial charge in [-0.2, -0.15) is 0 Å². The van der Waals surface area contributed by atoms with Gasteiger partial charge in [0.15, 0.2) is 0 Å². The van der Waals surface area contributed by atoms with Crippen LogP contribution in [0.3, 0.4) is 0 Å². The summed E-state index contributed by atoms with van der Waals surface area (Å²) in [5.74, 6) is -0.228. The summed E-state index contributed by atoms with van der Waals surface area (Å²) in [4.78, 5) is 31.5. The summed E-state index contributed by atoms with van der Waals surface area (Å²) in [7, 11) is 0. The first-order valence-corrected chi connectivity index (χ1v) is 7.81. The first kappa shape index (κ1) is 21.0. The lowest BCUT2D eigenvalue weighted by Crippen LogP contribution is -2.41. The second-order valence-corrected chi connectivity index (χ2v) is 5.70. The maximum absolute atomic E-state index is 12.0. The van der Waals surface area contributed by atoms with Gasteiger partial charge >= 0.3 is 0 Å². The van der Waals surface area contributed by atoms with E-state index in [1.54, 1.807) is 31.1 Å². The van der Waals surface area contributed by atoms with Crippen molar-refractivity contribution in [2.45, 2.75) is 19.0 Å². The number of nitrogens with one attached hydrogen (secondary N) is 2. The first-order valence-electron chi connectivity index (χ1n) is 6.93. The number of imidazole rings is 1. The molecule has 3 rings (SSSR count). The summed E-state index contributed by atoms with van der Waals surface area (Å²) >= 11 is 1.46. The Morgan fingerprint density at radius 1 is 1.28 bits per heavy atom. The van der Waals surface area contributed by atoms with Gasteiger partial charge < -0.3 is 16.0 Å². The number of rotatable bonds is 6. The molecule has 0 aliphatic carbocycles. The lowest BCUT2D eigenvalue weighted by Gasteiger charge is -2.10. The second-order valence-electron chi connectivity index (χ2n) is 4.84. The van der Waals surface area contributed by atoms with E-state index in [1.165, 1.54) is 11.3 Å². The van der Waals surface area contributed by atoms with Gasteiger partial charge in [0, 0.05) is 36.1 Å². The number of halogens is 2. The molecule has 0 saturated carbocycles. The molecule has 1 atom stereocenters. The number of carbonyl (C=O) groups excluding carboxylic acids is 1. The van der Waals surface area contributed by atoms with E-state index in [0.29, 0.717) is 18.7 Å². The van der Waals surface area contributed by atoms with Gasteiger partial charge in [-0.15, -0.1) is 36.2 Å². The molecule has 1 amide bonds. The quantitative estimate of drug-likeness (QED) is 0.572. The van der Waals surface area contributed by atoms with Crippen LogP contribution in [0.25, 0.3) is 10.7 Å². The SMILES string of the molecule is Cl.Cl.N[C@@H](Cc1cnc[nH]1)C(=O)NCc1csc(-c2cnccn2)n1. The van der Waals surface area contributed by atoms with Crippen LogP contribution in [0, 0.1) is 0 Å². The van der Waals surface area contributed by atoms with E-state index >= 15 is 0 Å². The van der Waals surface area contributed by atoms with E-state index in [9.17, 15) is 4.79 Å². The van der Waals surface area contributed by atoms with Crippen LogP contribution in [0.4, 0.5) is 0 Å². The Bertz CT molecular complexity index is 767. The number of carbonyl (C=O) groups is 1. The summed E-state index contributed by atoms with van der Waals surface area (Å²) in [6, 6.07) is -0.631. The fourth-order valence-electron chi connectivity index (χ4n) is 1.95. The summed E-state index contributed by atoms with van der Waals surface area (Å²) in [5, 5.41) is 5.43. The van der Waals surface area contributed by atoms with E-state index in [2.05, 4.69) is 30.2 Å².